The fourth-order valence-electron chi connectivity index (χ4n) is 9.92. The van der Waals surface area contributed by atoms with Crippen LogP contribution in [0.5, 0.6) is 0 Å². The van der Waals surface area contributed by atoms with E-state index in [4.69, 9.17) is 4.42 Å². The third-order valence-electron chi connectivity index (χ3n) is 12.0. The van der Waals surface area contributed by atoms with E-state index in [1.165, 1.54) is 0 Å². The van der Waals surface area contributed by atoms with Crippen molar-refractivity contribution >= 4 is 45.5 Å². The minimum Gasteiger partial charge on any atom is -0.451 e. The minimum atomic E-state index is -0.181. The second-order valence-corrected chi connectivity index (χ2v) is 20.2. The van der Waals surface area contributed by atoms with Gasteiger partial charge in [0.05, 0.1) is 18.7 Å². The van der Waals surface area contributed by atoms with Crippen LogP contribution < -0.4 is 21.3 Å². The van der Waals surface area contributed by atoms with E-state index in [0.717, 1.165) is 91.4 Å². The molecule has 2 aromatic carbocycles. The van der Waals surface area contributed by atoms with Crippen molar-refractivity contribution in [2.24, 2.45) is 29.7 Å². The van der Waals surface area contributed by atoms with Crippen LogP contribution in [-0.2, 0) is 16.6 Å². The molecule has 2 aromatic heterocycles. The summed E-state index contributed by atoms with van der Waals surface area (Å²) in [5.41, 5.74) is 4.10. The summed E-state index contributed by atoms with van der Waals surface area (Å²) < 4.78 is 7.63. The average molecular weight is 794 g/mol. The maximum atomic E-state index is 12.8. The van der Waals surface area contributed by atoms with Gasteiger partial charge in [0.15, 0.2) is 5.76 Å². The molecule has 2 spiro atoms. The third-order valence-corrected chi connectivity index (χ3v) is 12.0. The standard InChI is InChI=1S/C24H34N4O2.C22H29N3O3/c1-16-6-7-20-18(8-16)19(12-27(20)5)22(30)25-11-17-9-24(10-17)14-28(15-24)13-21(29)26-23(2,3)4;1-21(2,3)24-19(26)12-25-13-22(14-25)9-15(10-22)11-23-20(27)18-8-16-6-4-5-7-17(16)28-18/h6-8,12,17H,9-11,13-15H2,1-5H3,(H,25,30)(H,26,29);4-8,15H,9-14H2,1-3H3,(H,23,27)(H,24,26). The SMILES string of the molecule is CC(C)(C)NC(=O)CN1CC2(CC(CNC(=O)c3cc4ccccc4o3)C2)C1.Cc1ccc2c(c1)c(C(=O)NCC1CC3(C1)CN(CC(=O)NC(C)(C)C)C3)cn2C. The number of carbonyl (C=O) groups is 4. The second kappa shape index (κ2) is 15.8. The fraction of sp³-hybridized carbons (Fsp3) is 0.565. The number of nitrogens with zero attached hydrogens (tertiary/aromatic N) is 3. The number of aromatic nitrogens is 1. The van der Waals surface area contributed by atoms with Gasteiger partial charge in [0.25, 0.3) is 11.8 Å². The number of hydrogen-bond acceptors (Lipinski definition) is 7. The smallest absolute Gasteiger partial charge is 0.287 e. The highest BCUT2D eigenvalue weighted by Crippen LogP contribution is 2.52. The molecule has 4 fully saturated rings. The molecular formula is C46H63N7O5. The Hall–Kier alpha value is -4.68. The molecule has 2 aliphatic heterocycles. The number of likely N-dealkylation sites (tertiary alicyclic amines) is 2. The normalized spacial score (nSPS) is 20.0. The lowest BCUT2D eigenvalue weighted by Crippen LogP contribution is -2.64. The minimum absolute atomic E-state index is 0.0150. The van der Waals surface area contributed by atoms with E-state index < -0.39 is 0 Å². The summed E-state index contributed by atoms with van der Waals surface area (Å²) in [5.74, 6) is 1.49. The molecule has 4 heterocycles. The zero-order chi connectivity index (χ0) is 41.6. The molecule has 0 atom stereocenters. The summed E-state index contributed by atoms with van der Waals surface area (Å²) in [7, 11) is 1.98. The van der Waals surface area contributed by atoms with E-state index in [2.05, 4.69) is 56.2 Å². The molecule has 4 aromatic rings. The second-order valence-electron chi connectivity index (χ2n) is 20.2. The van der Waals surface area contributed by atoms with Crippen molar-refractivity contribution in [1.29, 1.82) is 0 Å². The van der Waals surface area contributed by atoms with Gasteiger partial charge >= 0.3 is 0 Å². The first-order valence-corrected chi connectivity index (χ1v) is 20.9. The number of aryl methyl sites for hydroxylation is 2. The van der Waals surface area contributed by atoms with Gasteiger partial charge in [0, 0.05) is 79.9 Å². The van der Waals surface area contributed by atoms with Crippen molar-refractivity contribution in [3.63, 3.8) is 0 Å². The van der Waals surface area contributed by atoms with Crippen LogP contribution in [0.2, 0.25) is 0 Å². The molecule has 4 amide bonds. The fourth-order valence-corrected chi connectivity index (χ4v) is 9.92. The van der Waals surface area contributed by atoms with Crippen LogP contribution in [0.1, 0.15) is 93.7 Å². The van der Waals surface area contributed by atoms with Gasteiger partial charge in [-0.3, -0.25) is 29.0 Å². The Balaban J connectivity index is 0.000000177. The molecule has 2 saturated heterocycles. The Labute approximate surface area is 342 Å². The lowest BCUT2D eigenvalue weighted by molar-refractivity contribution is -0.134. The maximum Gasteiger partial charge on any atom is 0.287 e. The summed E-state index contributed by atoms with van der Waals surface area (Å²) in [6.45, 7) is 20.4. The molecule has 0 bridgehead atoms. The van der Waals surface area contributed by atoms with Crippen LogP contribution in [0.3, 0.4) is 0 Å². The van der Waals surface area contributed by atoms with Gasteiger partial charge in [-0.25, -0.2) is 0 Å². The molecule has 312 valence electrons. The summed E-state index contributed by atoms with van der Waals surface area (Å²) in [4.78, 5) is 53.6. The molecule has 12 nitrogen and oxygen atoms in total. The first-order chi connectivity index (χ1) is 27.2. The monoisotopic (exact) mass is 793 g/mol. The van der Waals surface area contributed by atoms with Gasteiger partial charge in [0.1, 0.15) is 5.58 Å². The highest BCUT2D eigenvalue weighted by atomic mass is 16.3. The predicted octanol–water partition coefficient (Wildman–Crippen LogP) is 5.63. The quantitative estimate of drug-likeness (QED) is 0.163. The van der Waals surface area contributed by atoms with Gasteiger partial charge in [-0.15, -0.1) is 0 Å². The van der Waals surface area contributed by atoms with Crippen LogP contribution in [-0.4, -0.2) is 101 Å². The average Bonchev–Trinajstić information content (AvgIpc) is 3.64. The predicted molar refractivity (Wildman–Crippen MR) is 228 cm³/mol. The van der Waals surface area contributed by atoms with Crippen LogP contribution in [0.15, 0.2) is 59.1 Å². The molecule has 4 aliphatic rings. The summed E-state index contributed by atoms with van der Waals surface area (Å²) in [6.07, 6.45) is 6.43. The van der Waals surface area contributed by atoms with Crippen molar-refractivity contribution in [2.75, 3.05) is 52.4 Å². The number of amides is 4. The van der Waals surface area contributed by atoms with Gasteiger partial charge in [-0.1, -0.05) is 29.8 Å². The highest BCUT2D eigenvalue weighted by Gasteiger charge is 2.53. The summed E-state index contributed by atoms with van der Waals surface area (Å²) >= 11 is 0. The van der Waals surface area contributed by atoms with E-state index in [-0.39, 0.29) is 34.7 Å². The van der Waals surface area contributed by atoms with Crippen molar-refractivity contribution in [2.45, 2.75) is 85.2 Å². The molecule has 2 saturated carbocycles. The van der Waals surface area contributed by atoms with E-state index in [9.17, 15) is 19.2 Å². The van der Waals surface area contributed by atoms with Gasteiger partial charge in [0.2, 0.25) is 11.8 Å². The first-order valence-electron chi connectivity index (χ1n) is 20.9. The van der Waals surface area contributed by atoms with Crippen LogP contribution in [0.25, 0.3) is 21.9 Å². The highest BCUT2D eigenvalue weighted by molar-refractivity contribution is 6.07. The van der Waals surface area contributed by atoms with Gasteiger partial charge in [-0.05, 0) is 121 Å². The van der Waals surface area contributed by atoms with E-state index in [1.54, 1.807) is 6.07 Å². The van der Waals surface area contributed by atoms with E-state index in [0.29, 0.717) is 48.1 Å². The number of para-hydroxylation sites is 1. The number of nitrogens with one attached hydrogen (secondary N) is 4. The first kappa shape index (κ1) is 41.5. The molecule has 2 aliphatic carbocycles. The molecule has 8 rings (SSSR count). The topological polar surface area (TPSA) is 141 Å². The lowest BCUT2D eigenvalue weighted by Gasteiger charge is -2.59. The van der Waals surface area contributed by atoms with Crippen molar-refractivity contribution in [3.8, 4) is 0 Å². The molecular weight excluding hydrogens is 731 g/mol. The maximum absolute atomic E-state index is 12.8. The zero-order valence-corrected chi connectivity index (χ0v) is 35.7. The van der Waals surface area contributed by atoms with Gasteiger partial charge in [-0.2, -0.15) is 0 Å². The third kappa shape index (κ3) is 9.77. The van der Waals surface area contributed by atoms with Crippen molar-refractivity contribution in [1.82, 2.24) is 35.6 Å². The van der Waals surface area contributed by atoms with E-state index in [1.807, 2.05) is 83.6 Å². The van der Waals surface area contributed by atoms with Crippen LogP contribution in [0, 0.1) is 29.6 Å². The molecule has 58 heavy (non-hydrogen) atoms. The van der Waals surface area contributed by atoms with Crippen LogP contribution >= 0.6 is 0 Å². The Morgan fingerprint density at radius 3 is 1.76 bits per heavy atom. The number of benzene rings is 2. The Morgan fingerprint density at radius 1 is 0.724 bits per heavy atom. The number of furan rings is 1. The zero-order valence-electron chi connectivity index (χ0n) is 35.7. The largest absolute Gasteiger partial charge is 0.451 e. The number of fused-ring (bicyclic) bond motifs is 2. The Morgan fingerprint density at radius 2 is 1.24 bits per heavy atom. The van der Waals surface area contributed by atoms with Crippen molar-refractivity contribution in [3.05, 3.63) is 71.6 Å². The van der Waals surface area contributed by atoms with Crippen molar-refractivity contribution < 1.29 is 23.6 Å². The Bertz CT molecular complexity index is 2130. The molecule has 4 N–H and O–H groups in total. The molecule has 12 heteroatoms. The number of carbonyl (C=O) groups excluding carboxylic acids is 4. The molecule has 0 radical (unpaired) electrons. The van der Waals surface area contributed by atoms with Crippen LogP contribution in [0.4, 0.5) is 0 Å². The summed E-state index contributed by atoms with van der Waals surface area (Å²) in [6, 6.07) is 15.7. The van der Waals surface area contributed by atoms with E-state index >= 15 is 0 Å². The Kier molecular flexibility index (Phi) is 11.3. The number of rotatable bonds is 10. The lowest BCUT2D eigenvalue weighted by atomic mass is 9.57. The molecule has 0 unspecified atom stereocenters. The summed E-state index contributed by atoms with van der Waals surface area (Å²) in [5, 5.41) is 14.2. The van der Waals surface area contributed by atoms with Gasteiger partial charge < -0.3 is 30.3 Å². The number of hydrogen-bond donors (Lipinski definition) is 4.